The van der Waals surface area contributed by atoms with Crippen LogP contribution in [0.3, 0.4) is 0 Å². The molecule has 5 heteroatoms. The maximum atomic E-state index is 10.9. The lowest BCUT2D eigenvalue weighted by Gasteiger charge is -2.22. The van der Waals surface area contributed by atoms with E-state index in [2.05, 4.69) is 0 Å². The normalized spacial score (nSPS) is 42.7. The molecule has 1 N–H and O–H groups in total. The number of hydrogen-bond donors (Lipinski definition) is 1. The van der Waals surface area contributed by atoms with Crippen molar-refractivity contribution in [3.8, 4) is 0 Å². The highest BCUT2D eigenvalue weighted by Crippen LogP contribution is 2.39. The number of aliphatic hydroxyl groups is 1. The summed E-state index contributed by atoms with van der Waals surface area (Å²) in [6, 6.07) is 0. The second-order valence-electron chi connectivity index (χ2n) is 4.52. The molecule has 0 spiro atoms. The number of carbonyl (C=O) groups excluding carboxylic acids is 1. The highest BCUT2D eigenvalue weighted by molar-refractivity contribution is 5.66. The molecule has 4 atom stereocenters. The molecule has 5 nitrogen and oxygen atoms in total. The number of fused-ring (bicyclic) bond motifs is 1. The summed E-state index contributed by atoms with van der Waals surface area (Å²) in [5, 5.41) is 9.72. The van der Waals surface area contributed by atoms with Gasteiger partial charge in [-0.15, -0.1) is 0 Å². The van der Waals surface area contributed by atoms with Crippen LogP contribution in [0.1, 0.15) is 27.2 Å². The SMILES string of the molecule is CC(=O)O[C@H]1C[C@@H](O)[C@@H]2OC(C)(C)O[C@@H]21. The Morgan fingerprint density at radius 3 is 2.60 bits per heavy atom. The summed E-state index contributed by atoms with van der Waals surface area (Å²) in [5.74, 6) is -1.07. The van der Waals surface area contributed by atoms with E-state index in [1.54, 1.807) is 13.8 Å². The van der Waals surface area contributed by atoms with Gasteiger partial charge in [0.2, 0.25) is 0 Å². The second kappa shape index (κ2) is 3.43. The lowest BCUT2D eigenvalue weighted by Crippen LogP contribution is -2.32. The first-order chi connectivity index (χ1) is 6.89. The van der Waals surface area contributed by atoms with Gasteiger partial charge in [0.25, 0.3) is 0 Å². The topological polar surface area (TPSA) is 65.0 Å². The highest BCUT2D eigenvalue weighted by atomic mass is 16.8. The van der Waals surface area contributed by atoms with E-state index in [4.69, 9.17) is 14.2 Å². The molecule has 0 aromatic carbocycles. The number of carbonyl (C=O) groups is 1. The summed E-state index contributed by atoms with van der Waals surface area (Å²) >= 11 is 0. The van der Waals surface area contributed by atoms with Gasteiger partial charge in [0.05, 0.1) is 6.10 Å². The van der Waals surface area contributed by atoms with Crippen LogP contribution in [0, 0.1) is 0 Å². The third kappa shape index (κ3) is 2.00. The molecule has 2 fully saturated rings. The molecular weight excluding hydrogens is 200 g/mol. The van der Waals surface area contributed by atoms with E-state index in [1.807, 2.05) is 0 Å². The van der Waals surface area contributed by atoms with Crippen LogP contribution in [0.5, 0.6) is 0 Å². The zero-order valence-electron chi connectivity index (χ0n) is 9.10. The quantitative estimate of drug-likeness (QED) is 0.634. The predicted octanol–water partition coefficient (Wildman–Crippen LogP) is 0.203. The van der Waals surface area contributed by atoms with E-state index in [0.717, 1.165) is 0 Å². The molecule has 1 heterocycles. The second-order valence-corrected chi connectivity index (χ2v) is 4.52. The third-order valence-electron chi connectivity index (χ3n) is 2.70. The van der Waals surface area contributed by atoms with Crippen LogP contribution in [-0.2, 0) is 19.0 Å². The van der Waals surface area contributed by atoms with E-state index in [9.17, 15) is 9.90 Å². The summed E-state index contributed by atoms with van der Waals surface area (Å²) in [7, 11) is 0. The van der Waals surface area contributed by atoms with Gasteiger partial charge in [-0.25, -0.2) is 0 Å². The molecule has 0 aromatic rings. The molecule has 2 aliphatic rings. The van der Waals surface area contributed by atoms with E-state index in [1.165, 1.54) is 6.92 Å². The fourth-order valence-electron chi connectivity index (χ4n) is 2.24. The van der Waals surface area contributed by atoms with Gasteiger partial charge in [0.1, 0.15) is 18.3 Å². The first-order valence-electron chi connectivity index (χ1n) is 5.10. The van der Waals surface area contributed by atoms with Crippen LogP contribution >= 0.6 is 0 Å². The zero-order valence-corrected chi connectivity index (χ0v) is 9.10. The number of rotatable bonds is 1. The lowest BCUT2D eigenvalue weighted by atomic mass is 10.2. The van der Waals surface area contributed by atoms with Crippen molar-refractivity contribution in [3.05, 3.63) is 0 Å². The van der Waals surface area contributed by atoms with Crippen molar-refractivity contribution in [2.45, 2.75) is 57.4 Å². The fourth-order valence-corrected chi connectivity index (χ4v) is 2.24. The number of esters is 1. The van der Waals surface area contributed by atoms with E-state index < -0.39 is 18.0 Å². The van der Waals surface area contributed by atoms with Crippen molar-refractivity contribution < 1.29 is 24.1 Å². The Morgan fingerprint density at radius 2 is 2.00 bits per heavy atom. The Kier molecular flexibility index (Phi) is 2.48. The molecule has 1 saturated carbocycles. The van der Waals surface area contributed by atoms with Crippen LogP contribution in [0.15, 0.2) is 0 Å². The molecule has 0 bridgehead atoms. The Labute approximate surface area is 88.3 Å². The fraction of sp³-hybridized carbons (Fsp3) is 0.900. The molecule has 1 aliphatic carbocycles. The number of aliphatic hydroxyl groups excluding tert-OH is 1. The first-order valence-corrected chi connectivity index (χ1v) is 5.10. The maximum Gasteiger partial charge on any atom is 0.302 e. The highest BCUT2D eigenvalue weighted by Gasteiger charge is 2.55. The Balaban J connectivity index is 2.09. The van der Waals surface area contributed by atoms with Gasteiger partial charge in [-0.2, -0.15) is 0 Å². The van der Waals surface area contributed by atoms with Gasteiger partial charge < -0.3 is 19.3 Å². The summed E-state index contributed by atoms with van der Waals surface area (Å²) in [4.78, 5) is 10.9. The van der Waals surface area contributed by atoms with E-state index in [0.29, 0.717) is 6.42 Å². The van der Waals surface area contributed by atoms with Gasteiger partial charge in [0, 0.05) is 13.3 Å². The maximum absolute atomic E-state index is 10.9. The summed E-state index contributed by atoms with van der Waals surface area (Å²) in [6.45, 7) is 4.91. The van der Waals surface area contributed by atoms with Gasteiger partial charge in [0.15, 0.2) is 5.79 Å². The molecule has 0 radical (unpaired) electrons. The molecule has 0 aromatic heterocycles. The largest absolute Gasteiger partial charge is 0.460 e. The van der Waals surface area contributed by atoms with Crippen molar-refractivity contribution in [2.75, 3.05) is 0 Å². The number of hydrogen-bond acceptors (Lipinski definition) is 5. The van der Waals surface area contributed by atoms with Gasteiger partial charge in [-0.3, -0.25) is 4.79 Å². The predicted molar refractivity (Wildman–Crippen MR) is 50.0 cm³/mol. The minimum atomic E-state index is -0.713. The minimum absolute atomic E-state index is 0.348. The Bertz CT molecular complexity index is 275. The molecule has 0 unspecified atom stereocenters. The summed E-state index contributed by atoms with van der Waals surface area (Å²) in [5.41, 5.74) is 0. The van der Waals surface area contributed by atoms with Crippen molar-refractivity contribution in [1.82, 2.24) is 0 Å². The lowest BCUT2D eigenvalue weighted by molar-refractivity contribution is -0.180. The van der Waals surface area contributed by atoms with Crippen molar-refractivity contribution in [2.24, 2.45) is 0 Å². The summed E-state index contributed by atoms with van der Waals surface area (Å²) in [6.07, 6.45) is -1.38. The van der Waals surface area contributed by atoms with Gasteiger partial charge in [-0.05, 0) is 13.8 Å². The van der Waals surface area contributed by atoms with Crippen LogP contribution in [0.25, 0.3) is 0 Å². The van der Waals surface area contributed by atoms with Crippen molar-refractivity contribution >= 4 is 5.97 Å². The zero-order chi connectivity index (χ0) is 11.2. The standard InChI is InChI=1S/C10H16O5/c1-5(11)13-7-4-6(12)8-9(7)15-10(2,3)14-8/h6-9,12H,4H2,1-3H3/t6-,7+,8+,9-/m1/s1. The molecule has 15 heavy (non-hydrogen) atoms. The van der Waals surface area contributed by atoms with Gasteiger partial charge >= 0.3 is 5.97 Å². The van der Waals surface area contributed by atoms with Crippen molar-refractivity contribution in [1.29, 1.82) is 0 Å². The average molecular weight is 216 g/mol. The molecule has 0 amide bonds. The summed E-state index contributed by atoms with van der Waals surface area (Å²) < 4.78 is 16.2. The van der Waals surface area contributed by atoms with Crippen molar-refractivity contribution in [3.63, 3.8) is 0 Å². The number of ether oxygens (including phenoxy) is 3. The molecule has 2 rings (SSSR count). The average Bonchev–Trinajstić information content (AvgIpc) is 2.49. The van der Waals surface area contributed by atoms with Crippen LogP contribution in [0.4, 0.5) is 0 Å². The van der Waals surface area contributed by atoms with Crippen LogP contribution in [-0.4, -0.2) is 41.3 Å². The molecule has 1 saturated heterocycles. The molecule has 86 valence electrons. The van der Waals surface area contributed by atoms with E-state index in [-0.39, 0.29) is 18.2 Å². The van der Waals surface area contributed by atoms with E-state index >= 15 is 0 Å². The smallest absolute Gasteiger partial charge is 0.302 e. The third-order valence-corrected chi connectivity index (χ3v) is 2.70. The van der Waals surface area contributed by atoms with Gasteiger partial charge in [-0.1, -0.05) is 0 Å². The molecule has 1 aliphatic heterocycles. The minimum Gasteiger partial charge on any atom is -0.460 e. The Hall–Kier alpha value is -0.650. The van der Waals surface area contributed by atoms with Crippen LogP contribution in [0.2, 0.25) is 0 Å². The first kappa shape index (κ1) is 10.9. The monoisotopic (exact) mass is 216 g/mol. The van der Waals surface area contributed by atoms with Crippen LogP contribution < -0.4 is 0 Å². The Morgan fingerprint density at radius 1 is 1.40 bits per heavy atom. The molecular formula is C10H16O5.